The summed E-state index contributed by atoms with van der Waals surface area (Å²) >= 11 is 1.68. The van der Waals surface area contributed by atoms with Gasteiger partial charge in [0.15, 0.2) is 0 Å². The predicted octanol–water partition coefficient (Wildman–Crippen LogP) is 2.09. The molecule has 0 radical (unpaired) electrons. The maximum atomic E-state index is 4.95. The van der Waals surface area contributed by atoms with Crippen LogP contribution < -0.4 is 5.32 Å². The van der Waals surface area contributed by atoms with Gasteiger partial charge in [-0.3, -0.25) is 0 Å². The molecule has 0 saturated heterocycles. The van der Waals surface area contributed by atoms with Crippen LogP contribution in [0.4, 0.5) is 0 Å². The minimum absolute atomic E-state index is 0.753. The number of ether oxygens (including phenoxy) is 1. The quantitative estimate of drug-likeness (QED) is 0.754. The van der Waals surface area contributed by atoms with Crippen LogP contribution in [0.1, 0.15) is 17.6 Å². The molecule has 0 spiro atoms. The highest BCUT2D eigenvalue weighted by Gasteiger charge is 1.95. The zero-order valence-electron chi connectivity index (χ0n) is 9.54. The first-order valence-electron chi connectivity index (χ1n) is 5.01. The summed E-state index contributed by atoms with van der Waals surface area (Å²) < 4.78 is 4.95. The predicted molar refractivity (Wildman–Crippen MR) is 65.2 cm³/mol. The van der Waals surface area contributed by atoms with Crippen molar-refractivity contribution in [3.63, 3.8) is 0 Å². The number of rotatable bonds is 6. The van der Waals surface area contributed by atoms with Crippen LogP contribution in [0.3, 0.4) is 0 Å². The molecule has 4 heteroatoms. The van der Waals surface area contributed by atoms with Crippen LogP contribution in [-0.2, 0) is 4.74 Å². The van der Waals surface area contributed by atoms with Crippen LogP contribution in [0, 0.1) is 6.92 Å². The highest BCUT2D eigenvalue weighted by atomic mass is 32.1. The van der Waals surface area contributed by atoms with Crippen molar-refractivity contribution in [2.75, 3.05) is 26.8 Å². The first kappa shape index (κ1) is 12.4. The highest BCUT2D eigenvalue weighted by Crippen LogP contribution is 2.11. The monoisotopic (exact) mass is 226 g/mol. The Morgan fingerprint density at radius 1 is 1.67 bits per heavy atom. The maximum Gasteiger partial charge on any atom is 0.0901 e. The lowest BCUT2D eigenvalue weighted by atomic mass is 10.2. The molecule has 84 valence electrons. The molecule has 1 N–H and O–H groups in total. The summed E-state index contributed by atoms with van der Waals surface area (Å²) in [7, 11) is 1.71. The summed E-state index contributed by atoms with van der Waals surface area (Å²) in [6.07, 6.45) is 2.11. The highest BCUT2D eigenvalue weighted by molar-refractivity contribution is 7.09. The Bertz CT molecular complexity index is 320. The lowest BCUT2D eigenvalue weighted by Gasteiger charge is -2.03. The molecule has 0 unspecified atom stereocenters. The Balaban J connectivity index is 2.33. The summed E-state index contributed by atoms with van der Waals surface area (Å²) in [6, 6.07) is 0. The van der Waals surface area contributed by atoms with Crippen molar-refractivity contribution in [1.29, 1.82) is 0 Å². The van der Waals surface area contributed by atoms with Crippen molar-refractivity contribution in [3.05, 3.63) is 21.7 Å². The normalized spacial score (nSPS) is 12.1. The third-order valence-electron chi connectivity index (χ3n) is 1.92. The van der Waals surface area contributed by atoms with Gasteiger partial charge in [0.05, 0.1) is 17.3 Å². The molecular weight excluding hydrogens is 208 g/mol. The Hall–Kier alpha value is -0.710. The zero-order chi connectivity index (χ0) is 11.1. The number of nitrogens with zero attached hydrogens (tertiary/aromatic N) is 1. The molecule has 0 aliphatic rings. The molecule has 0 aromatic carbocycles. The number of hydrogen-bond acceptors (Lipinski definition) is 4. The van der Waals surface area contributed by atoms with Crippen molar-refractivity contribution >= 4 is 17.4 Å². The molecule has 3 nitrogen and oxygen atoms in total. The SMILES string of the molecule is COCCNCC(C)=Cc1csc(C)n1. The second-order valence-corrected chi connectivity index (χ2v) is 4.51. The molecule has 0 saturated carbocycles. The second kappa shape index (κ2) is 6.71. The molecule has 1 rings (SSSR count). The van der Waals surface area contributed by atoms with E-state index < -0.39 is 0 Å². The van der Waals surface area contributed by atoms with Gasteiger partial charge in [-0.15, -0.1) is 11.3 Å². The molecule has 0 aliphatic carbocycles. The van der Waals surface area contributed by atoms with E-state index in [1.807, 2.05) is 6.92 Å². The van der Waals surface area contributed by atoms with Gasteiger partial charge in [0, 0.05) is 25.6 Å². The average Bonchev–Trinajstić information content (AvgIpc) is 2.59. The van der Waals surface area contributed by atoms with E-state index in [1.165, 1.54) is 5.57 Å². The molecule has 1 aromatic heterocycles. The molecule has 0 atom stereocenters. The van der Waals surface area contributed by atoms with Gasteiger partial charge >= 0.3 is 0 Å². The minimum atomic E-state index is 0.753. The summed E-state index contributed by atoms with van der Waals surface area (Å²) in [5.41, 5.74) is 2.35. The molecule has 0 fully saturated rings. The van der Waals surface area contributed by atoms with E-state index in [2.05, 4.69) is 28.7 Å². The maximum absolute atomic E-state index is 4.95. The van der Waals surface area contributed by atoms with Crippen LogP contribution in [0.2, 0.25) is 0 Å². The number of nitrogens with one attached hydrogen (secondary N) is 1. The van der Waals surface area contributed by atoms with Gasteiger partial charge in [0.2, 0.25) is 0 Å². The lowest BCUT2D eigenvalue weighted by molar-refractivity contribution is 0.200. The summed E-state index contributed by atoms with van der Waals surface area (Å²) in [5, 5.41) is 6.49. The Labute approximate surface area is 95.2 Å². The molecule has 15 heavy (non-hydrogen) atoms. The smallest absolute Gasteiger partial charge is 0.0901 e. The van der Waals surface area contributed by atoms with E-state index in [9.17, 15) is 0 Å². The van der Waals surface area contributed by atoms with Gasteiger partial charge in [0.1, 0.15) is 0 Å². The number of aromatic nitrogens is 1. The van der Waals surface area contributed by atoms with Crippen LogP contribution in [0.5, 0.6) is 0 Å². The standard InChI is InChI=1S/C11H18N2OS/c1-9(7-12-4-5-14-3)6-11-8-15-10(2)13-11/h6,8,12H,4-5,7H2,1-3H3. The van der Waals surface area contributed by atoms with Gasteiger partial charge in [-0.05, 0) is 19.9 Å². The number of aryl methyl sites for hydroxylation is 1. The topological polar surface area (TPSA) is 34.1 Å². The fourth-order valence-corrected chi connectivity index (χ4v) is 1.78. The Morgan fingerprint density at radius 2 is 2.47 bits per heavy atom. The van der Waals surface area contributed by atoms with E-state index in [-0.39, 0.29) is 0 Å². The van der Waals surface area contributed by atoms with Gasteiger partial charge in [-0.1, -0.05) is 5.57 Å². The van der Waals surface area contributed by atoms with Crippen molar-refractivity contribution < 1.29 is 4.74 Å². The van der Waals surface area contributed by atoms with Gasteiger partial charge in [-0.25, -0.2) is 4.98 Å². The third-order valence-corrected chi connectivity index (χ3v) is 2.71. The van der Waals surface area contributed by atoms with E-state index in [1.54, 1.807) is 18.4 Å². The zero-order valence-corrected chi connectivity index (χ0v) is 10.4. The molecule has 1 aromatic rings. The van der Waals surface area contributed by atoms with Crippen LogP contribution in [0.25, 0.3) is 6.08 Å². The number of methoxy groups -OCH3 is 1. The number of thiazole rings is 1. The van der Waals surface area contributed by atoms with Crippen LogP contribution >= 0.6 is 11.3 Å². The van der Waals surface area contributed by atoms with Gasteiger partial charge in [0.25, 0.3) is 0 Å². The van der Waals surface area contributed by atoms with Crippen molar-refractivity contribution in [3.8, 4) is 0 Å². The summed E-state index contributed by atoms with van der Waals surface area (Å²) in [4.78, 5) is 4.38. The average molecular weight is 226 g/mol. The molecule has 0 bridgehead atoms. The summed E-state index contributed by atoms with van der Waals surface area (Å²) in [5.74, 6) is 0. The van der Waals surface area contributed by atoms with E-state index in [0.717, 1.165) is 30.4 Å². The fourth-order valence-electron chi connectivity index (χ4n) is 1.21. The van der Waals surface area contributed by atoms with Gasteiger partial charge < -0.3 is 10.1 Å². The molecule has 0 amide bonds. The van der Waals surface area contributed by atoms with Crippen molar-refractivity contribution in [2.45, 2.75) is 13.8 Å². The van der Waals surface area contributed by atoms with Crippen LogP contribution in [0.15, 0.2) is 11.0 Å². The summed E-state index contributed by atoms with van der Waals surface area (Å²) in [6.45, 7) is 6.66. The number of hydrogen-bond donors (Lipinski definition) is 1. The van der Waals surface area contributed by atoms with Crippen LogP contribution in [-0.4, -0.2) is 31.8 Å². The molecule has 0 aliphatic heterocycles. The Morgan fingerprint density at radius 3 is 3.07 bits per heavy atom. The molecule has 1 heterocycles. The largest absolute Gasteiger partial charge is 0.383 e. The molecular formula is C11H18N2OS. The van der Waals surface area contributed by atoms with Crippen molar-refractivity contribution in [2.24, 2.45) is 0 Å². The fraction of sp³-hybridized carbons (Fsp3) is 0.545. The van der Waals surface area contributed by atoms with Crippen molar-refractivity contribution in [1.82, 2.24) is 10.3 Å². The first-order valence-corrected chi connectivity index (χ1v) is 5.89. The Kier molecular flexibility index (Phi) is 5.53. The van der Waals surface area contributed by atoms with Gasteiger partial charge in [-0.2, -0.15) is 0 Å². The minimum Gasteiger partial charge on any atom is -0.383 e. The van der Waals surface area contributed by atoms with E-state index >= 15 is 0 Å². The second-order valence-electron chi connectivity index (χ2n) is 3.45. The third kappa shape index (κ3) is 5.06. The van der Waals surface area contributed by atoms with E-state index in [4.69, 9.17) is 4.74 Å². The first-order chi connectivity index (χ1) is 7.22. The van der Waals surface area contributed by atoms with E-state index in [0.29, 0.717) is 0 Å². The lowest BCUT2D eigenvalue weighted by Crippen LogP contribution is -2.20.